The summed E-state index contributed by atoms with van der Waals surface area (Å²) in [6.45, 7) is 2.35. The number of halogens is 2. The van der Waals surface area contributed by atoms with Gasteiger partial charge in [0.05, 0.1) is 17.9 Å². The molecule has 162 valence electrons. The second kappa shape index (κ2) is 9.97. The van der Waals surface area contributed by atoms with Crippen LogP contribution >= 0.6 is 23.4 Å². The van der Waals surface area contributed by atoms with Crippen molar-refractivity contribution in [2.24, 2.45) is 0 Å². The number of hydrogen-bond acceptors (Lipinski definition) is 4. The fourth-order valence-electron chi connectivity index (χ4n) is 3.19. The molecule has 0 radical (unpaired) electrons. The van der Waals surface area contributed by atoms with Crippen LogP contribution in [0, 0.1) is 12.7 Å². The Morgan fingerprint density at radius 3 is 2.59 bits per heavy atom. The van der Waals surface area contributed by atoms with Crippen LogP contribution in [0.25, 0.3) is 11.4 Å². The van der Waals surface area contributed by atoms with Crippen molar-refractivity contribution < 1.29 is 9.18 Å². The molecule has 4 rings (SSSR count). The topological polar surface area (TPSA) is 59.8 Å². The Balaban J connectivity index is 1.57. The van der Waals surface area contributed by atoms with Gasteiger partial charge in [0, 0.05) is 10.7 Å². The minimum Gasteiger partial charge on any atom is -0.325 e. The monoisotopic (exact) mass is 466 g/mol. The number of aromatic nitrogens is 3. The Labute approximate surface area is 194 Å². The van der Waals surface area contributed by atoms with Crippen LogP contribution in [0.3, 0.4) is 0 Å². The summed E-state index contributed by atoms with van der Waals surface area (Å²) in [4.78, 5) is 12.6. The molecule has 1 aromatic heterocycles. The van der Waals surface area contributed by atoms with E-state index < -0.39 is 0 Å². The van der Waals surface area contributed by atoms with Crippen LogP contribution in [0.5, 0.6) is 0 Å². The van der Waals surface area contributed by atoms with Crippen LogP contribution in [-0.2, 0) is 11.3 Å². The lowest BCUT2D eigenvalue weighted by Gasteiger charge is -2.12. The van der Waals surface area contributed by atoms with Gasteiger partial charge in [0.1, 0.15) is 5.82 Å². The second-order valence-corrected chi connectivity index (χ2v) is 8.53. The molecule has 0 bridgehead atoms. The van der Waals surface area contributed by atoms with E-state index in [0.29, 0.717) is 33.8 Å². The highest BCUT2D eigenvalue weighted by Gasteiger charge is 2.18. The molecular weight excluding hydrogens is 447 g/mol. The molecule has 1 N–H and O–H groups in total. The van der Waals surface area contributed by atoms with Crippen LogP contribution in [-0.4, -0.2) is 26.4 Å². The Morgan fingerprint density at radius 1 is 1.06 bits per heavy atom. The average molecular weight is 467 g/mol. The van der Waals surface area contributed by atoms with Gasteiger partial charge in [0.2, 0.25) is 5.91 Å². The van der Waals surface area contributed by atoms with Crippen LogP contribution in [0.1, 0.15) is 11.1 Å². The number of carbonyl (C=O) groups excluding carboxylic acids is 1. The molecule has 5 nitrogen and oxygen atoms in total. The SMILES string of the molecule is Cc1ccc(Cl)cc1NC(=O)CSc1nnc(-c2ccccc2F)n1Cc1ccccc1. The summed E-state index contributed by atoms with van der Waals surface area (Å²) in [5.74, 6) is -0.0292. The second-order valence-electron chi connectivity index (χ2n) is 7.15. The molecule has 0 unspecified atom stereocenters. The Hall–Kier alpha value is -3.16. The van der Waals surface area contributed by atoms with Crippen molar-refractivity contribution >= 4 is 35.0 Å². The van der Waals surface area contributed by atoms with Gasteiger partial charge < -0.3 is 5.32 Å². The third-order valence-corrected chi connectivity index (χ3v) is 6.02. The normalized spacial score (nSPS) is 10.8. The molecular formula is C24H20ClFN4OS. The molecule has 0 atom stereocenters. The molecule has 0 saturated carbocycles. The fourth-order valence-corrected chi connectivity index (χ4v) is 4.10. The number of aryl methyl sites for hydroxylation is 1. The van der Waals surface area contributed by atoms with Gasteiger partial charge in [-0.3, -0.25) is 9.36 Å². The maximum Gasteiger partial charge on any atom is 0.234 e. The first kappa shape index (κ1) is 22.0. The average Bonchev–Trinajstić information content (AvgIpc) is 3.18. The van der Waals surface area contributed by atoms with E-state index in [1.165, 1.54) is 17.8 Å². The van der Waals surface area contributed by atoms with Crippen LogP contribution in [0.2, 0.25) is 5.02 Å². The van der Waals surface area contributed by atoms with Gasteiger partial charge in [-0.05, 0) is 42.3 Å². The number of nitrogens with zero attached hydrogens (tertiary/aromatic N) is 3. The highest BCUT2D eigenvalue weighted by atomic mass is 35.5. The first-order chi connectivity index (χ1) is 15.5. The van der Waals surface area contributed by atoms with E-state index >= 15 is 0 Å². The molecule has 0 saturated heterocycles. The van der Waals surface area contributed by atoms with Crippen molar-refractivity contribution in [3.05, 3.63) is 94.8 Å². The first-order valence-electron chi connectivity index (χ1n) is 9.92. The van der Waals surface area contributed by atoms with Gasteiger partial charge in [-0.2, -0.15) is 0 Å². The maximum absolute atomic E-state index is 14.5. The Morgan fingerprint density at radius 2 is 1.81 bits per heavy atom. The van der Waals surface area contributed by atoms with E-state index in [-0.39, 0.29) is 17.5 Å². The number of benzene rings is 3. The molecule has 0 aliphatic carbocycles. The van der Waals surface area contributed by atoms with Gasteiger partial charge in [0.25, 0.3) is 0 Å². The smallest absolute Gasteiger partial charge is 0.234 e. The minimum absolute atomic E-state index is 0.121. The highest BCUT2D eigenvalue weighted by molar-refractivity contribution is 7.99. The largest absolute Gasteiger partial charge is 0.325 e. The zero-order valence-corrected chi connectivity index (χ0v) is 18.8. The van der Waals surface area contributed by atoms with E-state index in [0.717, 1.165) is 11.1 Å². The van der Waals surface area contributed by atoms with E-state index in [9.17, 15) is 9.18 Å². The summed E-state index contributed by atoms with van der Waals surface area (Å²) < 4.78 is 16.3. The number of hydrogen-bond donors (Lipinski definition) is 1. The van der Waals surface area contributed by atoms with E-state index in [4.69, 9.17) is 11.6 Å². The Kier molecular flexibility index (Phi) is 6.87. The lowest BCUT2D eigenvalue weighted by molar-refractivity contribution is -0.113. The molecule has 0 spiro atoms. The van der Waals surface area contributed by atoms with Crippen molar-refractivity contribution in [1.82, 2.24) is 14.8 Å². The molecule has 3 aromatic carbocycles. The summed E-state index contributed by atoms with van der Waals surface area (Å²) in [7, 11) is 0. The summed E-state index contributed by atoms with van der Waals surface area (Å²) in [6, 6.07) is 21.6. The van der Waals surface area contributed by atoms with Crippen LogP contribution in [0.4, 0.5) is 10.1 Å². The Bertz CT molecular complexity index is 1250. The first-order valence-corrected chi connectivity index (χ1v) is 11.3. The molecule has 0 fully saturated rings. The number of amides is 1. The molecule has 8 heteroatoms. The van der Waals surface area contributed by atoms with Crippen molar-refractivity contribution in [2.45, 2.75) is 18.6 Å². The summed E-state index contributed by atoms with van der Waals surface area (Å²) in [6.07, 6.45) is 0. The maximum atomic E-state index is 14.5. The number of anilines is 1. The zero-order chi connectivity index (χ0) is 22.5. The number of nitrogens with one attached hydrogen (secondary N) is 1. The van der Waals surface area contributed by atoms with E-state index in [1.54, 1.807) is 30.3 Å². The molecule has 32 heavy (non-hydrogen) atoms. The number of carbonyl (C=O) groups is 1. The standard InChI is InChI=1S/C24H20ClFN4OS/c1-16-11-12-18(25)13-21(16)27-22(31)15-32-24-29-28-23(19-9-5-6-10-20(19)26)30(24)14-17-7-3-2-4-8-17/h2-13H,14-15H2,1H3,(H,27,31). The zero-order valence-electron chi connectivity index (χ0n) is 17.3. The molecule has 1 amide bonds. The number of thioether (sulfide) groups is 1. The van der Waals surface area contributed by atoms with Gasteiger partial charge in [-0.1, -0.05) is 71.9 Å². The molecule has 1 heterocycles. The van der Waals surface area contributed by atoms with Crippen molar-refractivity contribution in [3.8, 4) is 11.4 Å². The quantitative estimate of drug-likeness (QED) is 0.348. The van der Waals surface area contributed by atoms with Gasteiger partial charge in [0.15, 0.2) is 11.0 Å². The minimum atomic E-state index is -0.375. The lowest BCUT2D eigenvalue weighted by Crippen LogP contribution is -2.15. The third kappa shape index (κ3) is 5.18. The summed E-state index contributed by atoms with van der Waals surface area (Å²) >= 11 is 7.28. The van der Waals surface area contributed by atoms with Gasteiger partial charge >= 0.3 is 0 Å². The lowest BCUT2D eigenvalue weighted by atomic mass is 10.2. The van der Waals surface area contributed by atoms with Gasteiger partial charge in [-0.25, -0.2) is 4.39 Å². The van der Waals surface area contributed by atoms with E-state index in [1.807, 2.05) is 47.9 Å². The van der Waals surface area contributed by atoms with Crippen molar-refractivity contribution in [3.63, 3.8) is 0 Å². The molecule has 0 aliphatic heterocycles. The number of rotatable bonds is 7. The molecule has 0 aliphatic rings. The van der Waals surface area contributed by atoms with Gasteiger partial charge in [-0.15, -0.1) is 10.2 Å². The fraction of sp³-hybridized carbons (Fsp3) is 0.125. The van der Waals surface area contributed by atoms with E-state index in [2.05, 4.69) is 15.5 Å². The van der Waals surface area contributed by atoms with Crippen LogP contribution in [0.15, 0.2) is 78.0 Å². The van der Waals surface area contributed by atoms with Crippen molar-refractivity contribution in [1.29, 1.82) is 0 Å². The third-order valence-electron chi connectivity index (χ3n) is 4.82. The predicted octanol–water partition coefficient (Wildman–Crippen LogP) is 5.83. The molecule has 4 aromatic rings. The predicted molar refractivity (Wildman–Crippen MR) is 127 cm³/mol. The summed E-state index contributed by atoms with van der Waals surface area (Å²) in [5, 5.41) is 12.4. The van der Waals surface area contributed by atoms with Crippen molar-refractivity contribution in [2.75, 3.05) is 11.1 Å². The summed E-state index contributed by atoms with van der Waals surface area (Å²) in [5.41, 5.74) is 2.97. The highest BCUT2D eigenvalue weighted by Crippen LogP contribution is 2.27. The van der Waals surface area contributed by atoms with Crippen LogP contribution < -0.4 is 5.32 Å².